The van der Waals surface area contributed by atoms with E-state index in [1.165, 1.54) is 19.1 Å². The molecule has 0 fully saturated rings. The summed E-state index contributed by atoms with van der Waals surface area (Å²) in [6.07, 6.45) is 0.815. The van der Waals surface area contributed by atoms with Gasteiger partial charge < -0.3 is 14.8 Å². The molecule has 3 rings (SSSR count). The minimum absolute atomic E-state index is 0.0514. The van der Waals surface area contributed by atoms with Gasteiger partial charge in [-0.25, -0.2) is 23.0 Å². The topological polar surface area (TPSA) is 143 Å². The van der Waals surface area contributed by atoms with Gasteiger partial charge in [-0.2, -0.15) is 4.31 Å². The summed E-state index contributed by atoms with van der Waals surface area (Å²) in [5.41, 5.74) is 3.10. The van der Waals surface area contributed by atoms with Crippen molar-refractivity contribution in [1.82, 2.24) is 19.3 Å². The highest BCUT2D eigenvalue weighted by atomic mass is 32.2. The Hall–Kier alpha value is -3.47. The number of aromatic amines is 1. The van der Waals surface area contributed by atoms with E-state index in [0.717, 1.165) is 28.1 Å². The van der Waals surface area contributed by atoms with E-state index >= 15 is 0 Å². The highest BCUT2D eigenvalue weighted by Gasteiger charge is 2.41. The van der Waals surface area contributed by atoms with Crippen molar-refractivity contribution in [2.75, 3.05) is 6.61 Å². The minimum Gasteiger partial charge on any atom is -0.480 e. The fourth-order valence-electron chi connectivity index (χ4n) is 3.65. The van der Waals surface area contributed by atoms with Crippen molar-refractivity contribution >= 4 is 33.1 Å². The number of carboxylic acid groups (broad SMARTS) is 1. The average Bonchev–Trinajstić information content (AvgIpc) is 3.14. The maximum atomic E-state index is 13.4. The van der Waals surface area contributed by atoms with E-state index in [9.17, 15) is 23.1 Å². The van der Waals surface area contributed by atoms with Gasteiger partial charge in [-0.1, -0.05) is 26.0 Å². The summed E-state index contributed by atoms with van der Waals surface area (Å²) in [4.78, 5) is 36.3. The first-order valence-electron chi connectivity index (χ1n) is 10.9. The van der Waals surface area contributed by atoms with Gasteiger partial charge >= 0.3 is 12.1 Å². The summed E-state index contributed by atoms with van der Waals surface area (Å²) in [5, 5.41) is 9.69. The van der Waals surface area contributed by atoms with Gasteiger partial charge in [0.25, 0.3) is 10.0 Å². The molecule has 0 bridgehead atoms. The number of rotatable bonds is 9. The molecule has 0 saturated carbocycles. The molecule has 11 heteroatoms. The van der Waals surface area contributed by atoms with Gasteiger partial charge in [-0.05, 0) is 49.9 Å². The number of pyridine rings is 1. The number of hydrogen-bond acceptors (Lipinski definition) is 7. The zero-order valence-electron chi connectivity index (χ0n) is 19.5. The molecule has 1 amide bonds. The Bertz CT molecular complexity index is 1280. The number of aliphatic carboxylic acids is 1. The number of aryl methyl sites for hydroxylation is 1. The second-order valence-electron chi connectivity index (χ2n) is 8.28. The second-order valence-corrected chi connectivity index (χ2v) is 10.1. The summed E-state index contributed by atoms with van der Waals surface area (Å²) in [5.74, 6) is -0.828. The van der Waals surface area contributed by atoms with Crippen LogP contribution in [-0.2, 0) is 26.0 Å². The van der Waals surface area contributed by atoms with Crippen LogP contribution in [0.3, 0.4) is 0 Å². The molecular weight excluding hydrogens is 460 g/mol. The Kier molecular flexibility index (Phi) is 7.55. The van der Waals surface area contributed by atoms with Crippen molar-refractivity contribution in [2.45, 2.75) is 51.5 Å². The van der Waals surface area contributed by atoms with Crippen molar-refractivity contribution in [3.63, 3.8) is 0 Å². The lowest BCUT2D eigenvalue weighted by Gasteiger charge is -2.28. The molecule has 0 saturated heterocycles. The van der Waals surface area contributed by atoms with E-state index in [1.54, 1.807) is 32.2 Å². The number of nitrogens with zero attached hydrogens (tertiary/aromatic N) is 3. The number of amides is 1. The zero-order valence-corrected chi connectivity index (χ0v) is 20.3. The van der Waals surface area contributed by atoms with Crippen LogP contribution >= 0.6 is 0 Å². The van der Waals surface area contributed by atoms with Gasteiger partial charge in [-0.15, -0.1) is 0 Å². The number of carbonyl (C=O) groups is 2. The number of ether oxygens (including phenoxy) is 1. The van der Waals surface area contributed by atoms with Crippen LogP contribution in [0, 0.1) is 12.8 Å². The summed E-state index contributed by atoms with van der Waals surface area (Å²) in [6, 6.07) is 6.15. The SMILES string of the molecule is CCOC(=O)N([C@@H](CC(C)C)C(=O)O)S(=O)(=O)c1ccc(Cc2nccc3[nH]c(C)nc23)cc1. The van der Waals surface area contributed by atoms with E-state index < -0.39 is 28.1 Å². The first-order chi connectivity index (χ1) is 16.0. The Balaban J connectivity index is 1.94. The molecule has 182 valence electrons. The molecule has 3 aromatic rings. The third-order valence-electron chi connectivity index (χ3n) is 5.16. The predicted molar refractivity (Wildman–Crippen MR) is 125 cm³/mol. The molecule has 1 aromatic carbocycles. The summed E-state index contributed by atoms with van der Waals surface area (Å²) >= 11 is 0. The standard InChI is InChI=1S/C23H28N4O6S/c1-5-33-23(30)27(20(22(28)29)12-14(2)3)34(31,32)17-8-6-16(7-9-17)13-19-21-18(10-11-24-19)25-15(4)26-21/h6-11,14,20H,5,12-13H2,1-4H3,(H,25,26)(H,28,29)/t20-/m0/s1. The minimum atomic E-state index is -4.49. The van der Waals surface area contributed by atoms with Gasteiger partial charge in [0.2, 0.25) is 0 Å². The number of carboxylic acids is 1. The molecule has 10 nitrogen and oxygen atoms in total. The number of sulfonamides is 1. The van der Waals surface area contributed by atoms with Crippen molar-refractivity contribution in [2.24, 2.45) is 5.92 Å². The number of aromatic nitrogens is 3. The molecule has 0 aliphatic heterocycles. The zero-order chi connectivity index (χ0) is 25.0. The van der Waals surface area contributed by atoms with Crippen LogP contribution in [0.1, 0.15) is 44.3 Å². The van der Waals surface area contributed by atoms with Gasteiger partial charge in [0.15, 0.2) is 0 Å². The van der Waals surface area contributed by atoms with Crippen LogP contribution in [0.2, 0.25) is 0 Å². The number of H-pyrrole nitrogens is 1. The highest BCUT2D eigenvalue weighted by Crippen LogP contribution is 2.25. The fourth-order valence-corrected chi connectivity index (χ4v) is 5.12. The average molecular weight is 489 g/mol. The number of hydrogen-bond donors (Lipinski definition) is 2. The van der Waals surface area contributed by atoms with Crippen LogP contribution in [-0.4, -0.2) is 57.5 Å². The lowest BCUT2D eigenvalue weighted by molar-refractivity contribution is -0.141. The van der Waals surface area contributed by atoms with Crippen LogP contribution < -0.4 is 0 Å². The lowest BCUT2D eigenvalue weighted by atomic mass is 10.0. The van der Waals surface area contributed by atoms with Crippen LogP contribution in [0.15, 0.2) is 41.4 Å². The first kappa shape index (κ1) is 25.2. The maximum absolute atomic E-state index is 13.4. The number of benzene rings is 1. The molecule has 2 N–H and O–H groups in total. The maximum Gasteiger partial charge on any atom is 0.424 e. The van der Waals surface area contributed by atoms with E-state index in [1.807, 2.05) is 13.0 Å². The highest BCUT2D eigenvalue weighted by molar-refractivity contribution is 7.89. The molecular formula is C23H28N4O6S. The summed E-state index contributed by atoms with van der Waals surface area (Å²) in [6.45, 7) is 6.77. The summed E-state index contributed by atoms with van der Waals surface area (Å²) < 4.78 is 31.9. The lowest BCUT2D eigenvalue weighted by Crippen LogP contribution is -2.49. The number of nitrogens with one attached hydrogen (secondary N) is 1. The van der Waals surface area contributed by atoms with Gasteiger partial charge in [0, 0.05) is 12.6 Å². The van der Waals surface area contributed by atoms with E-state index in [4.69, 9.17) is 4.74 Å². The Morgan fingerprint density at radius 2 is 1.85 bits per heavy atom. The molecule has 1 atom stereocenters. The molecule has 0 spiro atoms. The molecule has 0 unspecified atom stereocenters. The van der Waals surface area contributed by atoms with Gasteiger partial charge in [0.1, 0.15) is 17.4 Å². The molecule has 2 aromatic heterocycles. The van der Waals surface area contributed by atoms with E-state index in [-0.39, 0.29) is 23.8 Å². The fraction of sp³-hybridized carbons (Fsp3) is 0.391. The first-order valence-corrected chi connectivity index (χ1v) is 12.3. The van der Waals surface area contributed by atoms with Gasteiger partial charge in [0.05, 0.1) is 22.7 Å². The smallest absolute Gasteiger partial charge is 0.424 e. The molecule has 0 aliphatic carbocycles. The van der Waals surface area contributed by atoms with Crippen molar-refractivity contribution in [1.29, 1.82) is 0 Å². The largest absolute Gasteiger partial charge is 0.480 e. The quantitative estimate of drug-likeness (QED) is 0.466. The van der Waals surface area contributed by atoms with E-state index in [0.29, 0.717) is 10.7 Å². The van der Waals surface area contributed by atoms with Crippen molar-refractivity contribution in [3.05, 3.63) is 53.6 Å². The van der Waals surface area contributed by atoms with E-state index in [2.05, 4.69) is 15.0 Å². The number of fused-ring (bicyclic) bond motifs is 1. The Morgan fingerprint density at radius 1 is 1.18 bits per heavy atom. The van der Waals surface area contributed by atoms with Gasteiger partial charge in [-0.3, -0.25) is 4.98 Å². The second kappa shape index (κ2) is 10.2. The number of carbonyl (C=O) groups excluding carboxylic acids is 1. The molecule has 0 aliphatic rings. The van der Waals surface area contributed by atoms with Crippen LogP contribution in [0.5, 0.6) is 0 Å². The third-order valence-corrected chi connectivity index (χ3v) is 6.95. The Morgan fingerprint density at radius 3 is 2.44 bits per heavy atom. The number of imidazole rings is 1. The predicted octanol–water partition coefficient (Wildman–Crippen LogP) is 3.50. The summed E-state index contributed by atoms with van der Waals surface area (Å²) in [7, 11) is -4.49. The van der Waals surface area contributed by atoms with Crippen molar-refractivity contribution in [3.8, 4) is 0 Å². The molecule has 34 heavy (non-hydrogen) atoms. The van der Waals surface area contributed by atoms with Crippen LogP contribution in [0.4, 0.5) is 4.79 Å². The Labute approximate surface area is 198 Å². The third kappa shape index (κ3) is 5.36. The molecule has 0 radical (unpaired) electrons. The van der Waals surface area contributed by atoms with Crippen LogP contribution in [0.25, 0.3) is 11.0 Å². The normalized spacial score (nSPS) is 12.6. The monoisotopic (exact) mass is 488 g/mol. The molecule has 2 heterocycles. The van der Waals surface area contributed by atoms with Crippen molar-refractivity contribution < 1.29 is 27.9 Å².